The number of hydrogen-bond acceptors (Lipinski definition) is 3. The van der Waals surface area contributed by atoms with Gasteiger partial charge in [0.2, 0.25) is 0 Å². The molecule has 5 nitrogen and oxygen atoms in total. The molecule has 2 aromatic rings. The number of benzene rings is 1. The summed E-state index contributed by atoms with van der Waals surface area (Å²) in [7, 11) is 0. The van der Waals surface area contributed by atoms with E-state index in [9.17, 15) is 4.79 Å². The largest absolute Gasteiger partial charge is 0.444 e. The fourth-order valence-corrected chi connectivity index (χ4v) is 3.19. The van der Waals surface area contributed by atoms with Gasteiger partial charge in [0.15, 0.2) is 0 Å². The van der Waals surface area contributed by atoms with Crippen molar-refractivity contribution in [2.45, 2.75) is 52.2 Å². The summed E-state index contributed by atoms with van der Waals surface area (Å²) in [5.41, 5.74) is 1.69. The van der Waals surface area contributed by atoms with Crippen LogP contribution in [0.5, 0.6) is 0 Å². The van der Waals surface area contributed by atoms with Gasteiger partial charge in [0.1, 0.15) is 5.60 Å². The van der Waals surface area contributed by atoms with E-state index >= 15 is 0 Å². The topological polar surface area (TPSA) is 58.2 Å². The minimum atomic E-state index is -0.475. The number of amides is 1. The number of aromatic amines is 1. The molecule has 0 radical (unpaired) electrons. The van der Waals surface area contributed by atoms with Crippen LogP contribution in [0.3, 0.4) is 0 Å². The quantitative estimate of drug-likeness (QED) is 0.855. The maximum absolute atomic E-state index is 12.6. The van der Waals surface area contributed by atoms with E-state index in [0.29, 0.717) is 5.92 Å². The predicted octanol–water partition coefficient (Wildman–Crippen LogP) is 4.27. The van der Waals surface area contributed by atoms with Crippen LogP contribution in [0.1, 0.15) is 52.1 Å². The first kappa shape index (κ1) is 15.8. The summed E-state index contributed by atoms with van der Waals surface area (Å²) in [6.07, 6.45) is 3.68. The molecule has 0 unspecified atom stereocenters. The molecular formula is C18H25N3O2. The van der Waals surface area contributed by atoms with Crippen molar-refractivity contribution in [3.05, 3.63) is 30.0 Å². The standard InChI is InChI=1S/C18H25N3O2/c1-12-5-8-16(21(11-12)17(22)23-18(2,3)4)13-6-7-15-14(9-13)10-19-20-15/h6-7,9-10,12,16H,5,8,11H2,1-4H3,(H,19,20)/t12-,16+/m1/s1. The summed E-state index contributed by atoms with van der Waals surface area (Å²) < 4.78 is 5.62. The molecule has 0 bridgehead atoms. The van der Waals surface area contributed by atoms with Crippen molar-refractivity contribution in [2.24, 2.45) is 5.92 Å². The highest BCUT2D eigenvalue weighted by molar-refractivity contribution is 5.79. The number of nitrogens with one attached hydrogen (secondary N) is 1. The molecule has 3 rings (SSSR count). The van der Waals surface area contributed by atoms with Crippen LogP contribution >= 0.6 is 0 Å². The molecule has 5 heteroatoms. The third-order valence-electron chi connectivity index (χ3n) is 4.29. The van der Waals surface area contributed by atoms with E-state index in [1.807, 2.05) is 37.9 Å². The molecule has 1 aliphatic rings. The van der Waals surface area contributed by atoms with E-state index in [0.717, 1.165) is 35.9 Å². The zero-order valence-corrected chi connectivity index (χ0v) is 14.3. The lowest BCUT2D eigenvalue weighted by Gasteiger charge is -2.39. The highest BCUT2D eigenvalue weighted by Gasteiger charge is 2.33. The van der Waals surface area contributed by atoms with E-state index in [1.165, 1.54) is 0 Å². The first-order chi connectivity index (χ1) is 10.8. The molecule has 0 aliphatic carbocycles. The van der Waals surface area contributed by atoms with Crippen LogP contribution in [0.4, 0.5) is 4.79 Å². The Kier molecular flexibility index (Phi) is 4.04. The highest BCUT2D eigenvalue weighted by atomic mass is 16.6. The molecule has 0 spiro atoms. The van der Waals surface area contributed by atoms with E-state index in [2.05, 4.69) is 29.3 Å². The molecule has 2 atom stereocenters. The molecule has 1 amide bonds. The first-order valence-electron chi connectivity index (χ1n) is 8.26. The number of hydrogen-bond donors (Lipinski definition) is 1. The summed E-state index contributed by atoms with van der Waals surface area (Å²) >= 11 is 0. The lowest BCUT2D eigenvalue weighted by molar-refractivity contribution is 0.00365. The van der Waals surface area contributed by atoms with Crippen molar-refractivity contribution >= 4 is 17.0 Å². The van der Waals surface area contributed by atoms with Gasteiger partial charge in [0.25, 0.3) is 0 Å². The van der Waals surface area contributed by atoms with Crippen LogP contribution < -0.4 is 0 Å². The van der Waals surface area contributed by atoms with Crippen LogP contribution in [0.15, 0.2) is 24.4 Å². The number of ether oxygens (including phenoxy) is 1. The van der Waals surface area contributed by atoms with Crippen LogP contribution in [-0.4, -0.2) is 33.3 Å². The van der Waals surface area contributed by atoms with Gasteiger partial charge >= 0.3 is 6.09 Å². The Hall–Kier alpha value is -2.04. The van der Waals surface area contributed by atoms with Crippen molar-refractivity contribution in [3.63, 3.8) is 0 Å². The number of piperidine rings is 1. The fraction of sp³-hybridized carbons (Fsp3) is 0.556. The van der Waals surface area contributed by atoms with Crippen LogP contribution in [0.25, 0.3) is 10.9 Å². The second-order valence-electron chi connectivity index (χ2n) is 7.55. The number of fused-ring (bicyclic) bond motifs is 1. The molecule has 1 aliphatic heterocycles. The summed E-state index contributed by atoms with van der Waals surface area (Å²) in [6.45, 7) is 8.65. The van der Waals surface area contributed by atoms with Gasteiger partial charge in [-0.15, -0.1) is 0 Å². The van der Waals surface area contributed by atoms with E-state index in [1.54, 1.807) is 0 Å². The lowest BCUT2D eigenvalue weighted by Crippen LogP contribution is -2.44. The zero-order valence-electron chi connectivity index (χ0n) is 14.3. The molecule has 1 N–H and O–H groups in total. The monoisotopic (exact) mass is 315 g/mol. The molecule has 1 saturated heterocycles. The number of H-pyrrole nitrogens is 1. The summed E-state index contributed by atoms with van der Waals surface area (Å²) in [5, 5.41) is 8.11. The predicted molar refractivity (Wildman–Crippen MR) is 90.2 cm³/mol. The number of carbonyl (C=O) groups excluding carboxylic acids is 1. The Balaban J connectivity index is 1.89. The average Bonchev–Trinajstić information content (AvgIpc) is 2.92. The fourth-order valence-electron chi connectivity index (χ4n) is 3.19. The first-order valence-corrected chi connectivity index (χ1v) is 8.26. The molecule has 1 aromatic heterocycles. The third kappa shape index (κ3) is 3.49. The number of carbonyl (C=O) groups is 1. The van der Waals surface area contributed by atoms with Gasteiger partial charge in [-0.1, -0.05) is 13.0 Å². The smallest absolute Gasteiger partial charge is 0.410 e. The molecule has 1 fully saturated rings. The maximum atomic E-state index is 12.6. The van der Waals surface area contributed by atoms with Crippen LogP contribution in [0.2, 0.25) is 0 Å². The van der Waals surface area contributed by atoms with Gasteiger partial charge in [0.05, 0.1) is 17.8 Å². The molecule has 124 valence electrons. The minimum absolute atomic E-state index is 0.0698. The van der Waals surface area contributed by atoms with Gasteiger partial charge in [0, 0.05) is 11.9 Å². The second kappa shape index (κ2) is 5.87. The van der Waals surface area contributed by atoms with E-state index < -0.39 is 5.60 Å². The number of likely N-dealkylation sites (tertiary alicyclic amines) is 1. The Morgan fingerprint density at radius 1 is 1.35 bits per heavy atom. The molecule has 2 heterocycles. The van der Waals surface area contributed by atoms with Crippen molar-refractivity contribution in [1.82, 2.24) is 15.1 Å². The van der Waals surface area contributed by atoms with Gasteiger partial charge < -0.3 is 9.64 Å². The average molecular weight is 315 g/mol. The third-order valence-corrected chi connectivity index (χ3v) is 4.29. The summed E-state index contributed by atoms with van der Waals surface area (Å²) in [5.74, 6) is 0.497. The van der Waals surface area contributed by atoms with Crippen molar-refractivity contribution < 1.29 is 9.53 Å². The van der Waals surface area contributed by atoms with Crippen LogP contribution in [-0.2, 0) is 4.74 Å². The van der Waals surface area contributed by atoms with Crippen molar-refractivity contribution in [2.75, 3.05) is 6.54 Å². The lowest BCUT2D eigenvalue weighted by atomic mass is 9.90. The Labute approximate surface area is 137 Å². The van der Waals surface area contributed by atoms with Gasteiger partial charge in [-0.05, 0) is 57.2 Å². The van der Waals surface area contributed by atoms with Gasteiger partial charge in [-0.25, -0.2) is 4.79 Å². The highest BCUT2D eigenvalue weighted by Crippen LogP contribution is 2.35. The van der Waals surface area contributed by atoms with Crippen molar-refractivity contribution in [3.8, 4) is 0 Å². The van der Waals surface area contributed by atoms with E-state index in [-0.39, 0.29) is 12.1 Å². The summed E-state index contributed by atoms with van der Waals surface area (Å²) in [4.78, 5) is 14.5. The number of rotatable bonds is 1. The second-order valence-corrected chi connectivity index (χ2v) is 7.55. The zero-order chi connectivity index (χ0) is 16.6. The molecule has 23 heavy (non-hydrogen) atoms. The Bertz CT molecular complexity index is 702. The minimum Gasteiger partial charge on any atom is -0.444 e. The Morgan fingerprint density at radius 3 is 2.87 bits per heavy atom. The SMILES string of the molecule is C[C@@H]1CC[C@@H](c2ccc3[nH]ncc3c2)N(C(=O)OC(C)(C)C)C1. The Morgan fingerprint density at radius 2 is 2.13 bits per heavy atom. The van der Waals surface area contributed by atoms with Crippen LogP contribution in [0, 0.1) is 5.92 Å². The van der Waals surface area contributed by atoms with Gasteiger partial charge in [-0.3, -0.25) is 5.10 Å². The summed E-state index contributed by atoms with van der Waals surface area (Å²) in [6, 6.07) is 6.30. The number of nitrogens with zero attached hydrogens (tertiary/aromatic N) is 2. The molecule has 1 aromatic carbocycles. The number of aromatic nitrogens is 2. The van der Waals surface area contributed by atoms with E-state index in [4.69, 9.17) is 4.74 Å². The van der Waals surface area contributed by atoms with Crippen molar-refractivity contribution in [1.29, 1.82) is 0 Å². The molecular weight excluding hydrogens is 290 g/mol. The normalized spacial score (nSPS) is 22.3. The van der Waals surface area contributed by atoms with Gasteiger partial charge in [-0.2, -0.15) is 5.10 Å². The molecule has 0 saturated carbocycles. The maximum Gasteiger partial charge on any atom is 0.410 e.